The van der Waals surface area contributed by atoms with E-state index < -0.39 is 12.3 Å². The lowest BCUT2D eigenvalue weighted by atomic mass is 10.0. The van der Waals surface area contributed by atoms with E-state index >= 15 is 0 Å². The van der Waals surface area contributed by atoms with Gasteiger partial charge in [-0.25, -0.2) is 4.90 Å². The van der Waals surface area contributed by atoms with Crippen LogP contribution in [0.25, 0.3) is 0 Å². The van der Waals surface area contributed by atoms with Crippen molar-refractivity contribution in [3.8, 4) is 0 Å². The molecule has 1 rings (SSSR count). The number of benzene rings is 1. The largest absolute Gasteiger partial charge is 0.460 e. The van der Waals surface area contributed by atoms with Crippen molar-refractivity contribution in [1.29, 1.82) is 0 Å². The number of alkyl halides is 3. The highest BCUT2D eigenvalue weighted by atomic mass is 19.4. The Morgan fingerprint density at radius 2 is 1.83 bits per heavy atom. The molecule has 0 aliphatic rings. The smallest absolute Gasteiger partial charge is 0.295 e. The Morgan fingerprint density at radius 1 is 1.28 bits per heavy atom. The predicted octanol–water partition coefficient (Wildman–Crippen LogP) is 3.62. The molecule has 0 N–H and O–H groups in total. The number of carbonyl (C=O) groups is 1. The molecule has 100 valence electrons. The van der Waals surface area contributed by atoms with Crippen molar-refractivity contribution in [2.75, 3.05) is 0 Å². The molecule has 0 aromatic heterocycles. The van der Waals surface area contributed by atoms with Crippen LogP contribution in [0.4, 0.5) is 13.2 Å². The first-order valence-electron chi connectivity index (χ1n) is 5.65. The number of hydrogen-bond acceptors (Lipinski definition) is 2. The van der Waals surface area contributed by atoms with Gasteiger partial charge in [0.05, 0.1) is 0 Å². The zero-order chi connectivity index (χ0) is 13.9. The second kappa shape index (κ2) is 5.52. The van der Waals surface area contributed by atoms with Gasteiger partial charge in [-0.2, -0.15) is 13.2 Å². The van der Waals surface area contributed by atoms with Gasteiger partial charge in [0.1, 0.15) is 0 Å². The maximum atomic E-state index is 12.8. The van der Waals surface area contributed by atoms with E-state index in [0.29, 0.717) is 16.0 Å². The number of hydrogen-bond donors (Lipinski definition) is 0. The normalized spacial score (nSPS) is 12.2. The first-order valence-corrected chi connectivity index (χ1v) is 5.65. The second-order valence-corrected chi connectivity index (χ2v) is 4.40. The molecule has 1 aromatic carbocycles. The molecule has 18 heavy (non-hydrogen) atoms. The third-order valence-electron chi connectivity index (χ3n) is 2.69. The number of halogens is 3. The van der Waals surface area contributed by atoms with Crippen molar-refractivity contribution in [1.82, 2.24) is 4.90 Å². The van der Waals surface area contributed by atoms with Crippen LogP contribution in [0.1, 0.15) is 36.7 Å². The molecule has 0 heterocycles. The Hall–Kier alpha value is -1.36. The summed E-state index contributed by atoms with van der Waals surface area (Å²) in [6.45, 7) is 4.00. The van der Waals surface area contributed by atoms with Crippen LogP contribution in [0.15, 0.2) is 24.3 Å². The molecule has 0 atom stereocenters. The van der Waals surface area contributed by atoms with Crippen molar-refractivity contribution >= 4 is 5.78 Å². The Morgan fingerprint density at radius 3 is 2.28 bits per heavy atom. The van der Waals surface area contributed by atoms with Crippen LogP contribution in [-0.2, 0) is 6.54 Å². The van der Waals surface area contributed by atoms with Gasteiger partial charge >= 0.3 is 6.30 Å². The van der Waals surface area contributed by atoms with Crippen LogP contribution in [0, 0.1) is 0 Å². The van der Waals surface area contributed by atoms with Crippen molar-refractivity contribution in [2.24, 2.45) is 0 Å². The van der Waals surface area contributed by atoms with E-state index in [4.69, 9.17) is 0 Å². The summed E-state index contributed by atoms with van der Waals surface area (Å²) in [5.41, 5.74) is 0.739. The molecule has 0 aliphatic heterocycles. The van der Waals surface area contributed by atoms with Crippen molar-refractivity contribution in [3.63, 3.8) is 0 Å². The minimum absolute atomic E-state index is 0.225. The maximum absolute atomic E-state index is 12.8. The van der Waals surface area contributed by atoms with Gasteiger partial charge < -0.3 is 0 Å². The highest BCUT2D eigenvalue weighted by Gasteiger charge is 2.39. The number of ketones is 1. The SMILES string of the molecule is CC(=O)c1ccccc1CN(C(C)C)C(F)(F)F. The van der Waals surface area contributed by atoms with Crippen molar-refractivity contribution < 1.29 is 18.0 Å². The number of Topliss-reactive ketones (excluding diaryl/α,β-unsaturated/α-hetero) is 1. The number of carbonyl (C=O) groups excluding carboxylic acids is 1. The fraction of sp³-hybridized carbons (Fsp3) is 0.462. The van der Waals surface area contributed by atoms with Gasteiger partial charge in [-0.3, -0.25) is 4.79 Å². The summed E-state index contributed by atoms with van der Waals surface area (Å²) >= 11 is 0. The highest BCUT2D eigenvalue weighted by molar-refractivity contribution is 5.95. The van der Waals surface area contributed by atoms with E-state index in [2.05, 4.69) is 0 Å². The molecule has 0 fully saturated rings. The van der Waals surface area contributed by atoms with E-state index in [0.717, 1.165) is 0 Å². The van der Waals surface area contributed by atoms with Gasteiger partial charge in [-0.05, 0) is 26.3 Å². The Kier molecular flexibility index (Phi) is 4.51. The first-order chi connectivity index (χ1) is 8.23. The average molecular weight is 259 g/mol. The summed E-state index contributed by atoms with van der Waals surface area (Å²) in [5, 5.41) is 0. The predicted molar refractivity (Wildman–Crippen MR) is 63.2 cm³/mol. The molecule has 0 saturated carbocycles. The number of rotatable bonds is 4. The van der Waals surface area contributed by atoms with Crippen LogP contribution in [-0.4, -0.2) is 23.0 Å². The molecule has 2 nitrogen and oxygen atoms in total. The third-order valence-corrected chi connectivity index (χ3v) is 2.69. The molecular weight excluding hydrogens is 243 g/mol. The van der Waals surface area contributed by atoms with E-state index in [9.17, 15) is 18.0 Å². The third kappa shape index (κ3) is 3.57. The molecule has 0 unspecified atom stereocenters. The molecule has 0 saturated heterocycles. The summed E-state index contributed by atoms with van der Waals surface area (Å²) in [4.78, 5) is 11.8. The van der Waals surface area contributed by atoms with Crippen molar-refractivity contribution in [3.05, 3.63) is 35.4 Å². The minimum Gasteiger partial charge on any atom is -0.295 e. The van der Waals surface area contributed by atoms with E-state index in [1.165, 1.54) is 20.8 Å². The Bertz CT molecular complexity index is 426. The standard InChI is InChI=1S/C13H16F3NO/c1-9(2)17(13(14,15)16)8-11-6-4-5-7-12(11)10(3)18/h4-7,9H,8H2,1-3H3. The quantitative estimate of drug-likeness (QED) is 0.608. The van der Waals surface area contributed by atoms with E-state index in [1.807, 2.05) is 0 Å². The zero-order valence-electron chi connectivity index (χ0n) is 10.6. The molecule has 0 radical (unpaired) electrons. The number of nitrogens with zero attached hydrogens (tertiary/aromatic N) is 1. The van der Waals surface area contributed by atoms with Crippen LogP contribution in [0.2, 0.25) is 0 Å². The maximum Gasteiger partial charge on any atom is 0.460 e. The molecule has 1 aromatic rings. The molecular formula is C13H16F3NO. The summed E-state index contributed by atoms with van der Waals surface area (Å²) in [5.74, 6) is -0.225. The average Bonchev–Trinajstić information content (AvgIpc) is 2.24. The summed E-state index contributed by atoms with van der Waals surface area (Å²) < 4.78 is 38.5. The first kappa shape index (κ1) is 14.7. The van der Waals surface area contributed by atoms with Crippen LogP contribution >= 0.6 is 0 Å². The van der Waals surface area contributed by atoms with Crippen LogP contribution in [0.3, 0.4) is 0 Å². The Balaban J connectivity index is 3.05. The lowest BCUT2D eigenvalue weighted by molar-refractivity contribution is -0.259. The monoisotopic (exact) mass is 259 g/mol. The van der Waals surface area contributed by atoms with Gasteiger partial charge in [0.15, 0.2) is 5.78 Å². The van der Waals surface area contributed by atoms with Gasteiger partial charge in [-0.15, -0.1) is 0 Å². The summed E-state index contributed by atoms with van der Waals surface area (Å²) in [7, 11) is 0. The summed E-state index contributed by atoms with van der Waals surface area (Å²) in [6, 6.07) is 5.71. The summed E-state index contributed by atoms with van der Waals surface area (Å²) in [6.07, 6.45) is -4.40. The fourth-order valence-electron chi connectivity index (χ4n) is 1.75. The molecule has 0 aliphatic carbocycles. The molecule has 0 bridgehead atoms. The highest BCUT2D eigenvalue weighted by Crippen LogP contribution is 2.27. The lowest BCUT2D eigenvalue weighted by Crippen LogP contribution is -2.42. The Labute approximate surface area is 104 Å². The van der Waals surface area contributed by atoms with E-state index in [-0.39, 0.29) is 12.3 Å². The van der Waals surface area contributed by atoms with E-state index in [1.54, 1.807) is 24.3 Å². The van der Waals surface area contributed by atoms with Gasteiger partial charge in [-0.1, -0.05) is 24.3 Å². The molecule has 5 heteroatoms. The topological polar surface area (TPSA) is 20.3 Å². The van der Waals surface area contributed by atoms with Gasteiger partial charge in [0.2, 0.25) is 0 Å². The molecule has 0 spiro atoms. The second-order valence-electron chi connectivity index (χ2n) is 4.40. The van der Waals surface area contributed by atoms with Crippen LogP contribution < -0.4 is 0 Å². The van der Waals surface area contributed by atoms with Crippen molar-refractivity contribution in [2.45, 2.75) is 39.7 Å². The molecule has 0 amide bonds. The zero-order valence-corrected chi connectivity index (χ0v) is 10.6. The van der Waals surface area contributed by atoms with Gasteiger partial charge in [0, 0.05) is 18.2 Å². The minimum atomic E-state index is -4.40. The lowest BCUT2D eigenvalue weighted by Gasteiger charge is -2.29. The fourth-order valence-corrected chi connectivity index (χ4v) is 1.75. The van der Waals surface area contributed by atoms with Crippen LogP contribution in [0.5, 0.6) is 0 Å². The van der Waals surface area contributed by atoms with Gasteiger partial charge in [0.25, 0.3) is 0 Å².